The number of Topliss-reactive ketones (excluding diaryl/α,β-unsaturated/α-hetero) is 1. The summed E-state index contributed by atoms with van der Waals surface area (Å²) in [5.41, 5.74) is -9.94. The second kappa shape index (κ2) is 9.87. The maximum Gasteiger partial charge on any atom is 0.420 e. The van der Waals surface area contributed by atoms with Crippen molar-refractivity contribution in [1.82, 2.24) is 4.90 Å². The van der Waals surface area contributed by atoms with Crippen LogP contribution < -0.4 is 0 Å². The van der Waals surface area contributed by atoms with E-state index in [1.165, 1.54) is 55.4 Å². The summed E-state index contributed by atoms with van der Waals surface area (Å²) < 4.78 is 62.0. The molecule has 0 spiro atoms. The first kappa shape index (κ1) is 29.9. The minimum absolute atomic E-state index is 0.0107. The predicted octanol–water partition coefficient (Wildman–Crippen LogP) is 4.43. The van der Waals surface area contributed by atoms with Crippen molar-refractivity contribution >= 4 is 31.5 Å². The number of hydrogen-bond donors (Lipinski definition) is 1. The minimum Gasteiger partial charge on any atom is -0.479 e. The zero-order valence-corrected chi connectivity index (χ0v) is 21.4. The van der Waals surface area contributed by atoms with Crippen molar-refractivity contribution in [3.63, 3.8) is 0 Å². The molecule has 0 unspecified atom stereocenters. The summed E-state index contributed by atoms with van der Waals surface area (Å²) in [6.45, 7) is 10.1. The first-order chi connectivity index (χ1) is 15.2. The van der Waals surface area contributed by atoms with Gasteiger partial charge in [0.15, 0.2) is 5.54 Å². The molecule has 1 aliphatic rings. The monoisotopic (exact) mass is 515 g/mol. The van der Waals surface area contributed by atoms with Gasteiger partial charge in [-0.2, -0.15) is 13.7 Å². The zero-order chi connectivity index (χ0) is 26.9. The van der Waals surface area contributed by atoms with Crippen LogP contribution in [0.4, 0.5) is 18.4 Å². The summed E-state index contributed by atoms with van der Waals surface area (Å²) in [6.07, 6.45) is -3.91. The van der Waals surface area contributed by atoms with Crippen molar-refractivity contribution in [1.29, 1.82) is 0 Å². The molecule has 0 radical (unpaired) electrons. The van der Waals surface area contributed by atoms with E-state index in [9.17, 15) is 28.8 Å². The highest BCUT2D eigenvalue weighted by atomic mass is 31.2. The number of carbonyl (C=O) groups is 4. The normalized spacial score (nSPS) is 20.9. The second-order valence-corrected chi connectivity index (χ2v) is 11.6. The van der Waals surface area contributed by atoms with Gasteiger partial charge in [-0.05, 0) is 61.8 Å². The lowest BCUT2D eigenvalue weighted by molar-refractivity contribution is -0.149. The molecule has 0 aromatic carbocycles. The SMILES string of the molecule is CCOP(=O)(OCC)C(F)(F)C(=O)[C@H]1C[C@]1(C(=O)O)N(C(=O)OC(C)(C)C)C(=O)OC(C)(C)C. The van der Waals surface area contributed by atoms with Crippen LogP contribution in [0.2, 0.25) is 0 Å². The first-order valence-electron chi connectivity index (χ1n) is 10.5. The number of rotatable bonds is 9. The lowest BCUT2D eigenvalue weighted by Gasteiger charge is -2.32. The third kappa shape index (κ3) is 6.11. The molecule has 1 N–H and O–H groups in total. The van der Waals surface area contributed by atoms with Gasteiger partial charge in [0.25, 0.3) is 0 Å². The Labute approximate surface area is 196 Å². The van der Waals surface area contributed by atoms with Crippen LogP contribution in [0.3, 0.4) is 0 Å². The Kier molecular flexibility index (Phi) is 8.68. The number of carbonyl (C=O) groups excluding carboxylic acids is 3. The van der Waals surface area contributed by atoms with Crippen molar-refractivity contribution in [2.75, 3.05) is 13.2 Å². The largest absolute Gasteiger partial charge is 0.479 e. The molecule has 0 aromatic rings. The Hall–Kier alpha value is -2.11. The van der Waals surface area contributed by atoms with Crippen LogP contribution in [0.25, 0.3) is 0 Å². The highest BCUT2D eigenvalue weighted by Crippen LogP contribution is 2.65. The van der Waals surface area contributed by atoms with Gasteiger partial charge in [-0.3, -0.25) is 9.36 Å². The topological polar surface area (TPSA) is 146 Å². The van der Waals surface area contributed by atoms with Gasteiger partial charge in [-0.1, -0.05) is 0 Å². The van der Waals surface area contributed by atoms with Crippen LogP contribution >= 0.6 is 7.60 Å². The molecule has 0 aliphatic heterocycles. The van der Waals surface area contributed by atoms with Crippen molar-refractivity contribution in [3.8, 4) is 0 Å². The smallest absolute Gasteiger partial charge is 0.420 e. The van der Waals surface area contributed by atoms with E-state index in [1.807, 2.05) is 0 Å². The fraction of sp³-hybridized carbons (Fsp3) is 0.800. The van der Waals surface area contributed by atoms with E-state index in [2.05, 4.69) is 9.05 Å². The zero-order valence-electron chi connectivity index (χ0n) is 20.5. The number of imide groups is 1. The van der Waals surface area contributed by atoms with Gasteiger partial charge in [-0.25, -0.2) is 14.4 Å². The number of hydrogen-bond acceptors (Lipinski definition) is 9. The third-order valence-electron chi connectivity index (χ3n) is 4.41. The van der Waals surface area contributed by atoms with Gasteiger partial charge in [-0.15, -0.1) is 0 Å². The molecule has 2 atom stereocenters. The molecule has 196 valence electrons. The van der Waals surface area contributed by atoms with E-state index in [4.69, 9.17) is 9.47 Å². The van der Waals surface area contributed by atoms with Gasteiger partial charge in [0.05, 0.1) is 19.1 Å². The van der Waals surface area contributed by atoms with E-state index in [0.29, 0.717) is 0 Å². The van der Waals surface area contributed by atoms with E-state index in [1.54, 1.807) is 0 Å². The van der Waals surface area contributed by atoms with Crippen LogP contribution in [0.1, 0.15) is 61.8 Å². The summed E-state index contributed by atoms with van der Waals surface area (Å²) in [5.74, 6) is -6.17. The molecule has 11 nitrogen and oxygen atoms in total. The first-order valence-corrected chi connectivity index (χ1v) is 12.1. The van der Waals surface area contributed by atoms with Crippen LogP contribution in [0, 0.1) is 5.92 Å². The van der Waals surface area contributed by atoms with Crippen LogP contribution in [-0.4, -0.2) is 69.6 Å². The molecule has 1 fully saturated rings. The Morgan fingerprint density at radius 1 is 0.941 bits per heavy atom. The number of carboxylic acids is 1. The molecule has 1 saturated carbocycles. The Morgan fingerprint density at radius 3 is 1.62 bits per heavy atom. The maximum atomic E-state index is 15.0. The van der Waals surface area contributed by atoms with Gasteiger partial charge < -0.3 is 23.6 Å². The number of amides is 2. The molecular weight excluding hydrogens is 483 g/mol. The maximum absolute atomic E-state index is 15.0. The van der Waals surface area contributed by atoms with E-state index < -0.39 is 79.5 Å². The molecule has 1 rings (SSSR count). The number of nitrogens with zero attached hydrogens (tertiary/aromatic N) is 1. The lowest BCUT2D eigenvalue weighted by Crippen LogP contribution is -2.56. The lowest BCUT2D eigenvalue weighted by atomic mass is 10.1. The highest BCUT2D eigenvalue weighted by molar-refractivity contribution is 7.56. The average molecular weight is 515 g/mol. The van der Waals surface area contributed by atoms with Crippen LogP contribution in [0.15, 0.2) is 0 Å². The summed E-state index contributed by atoms with van der Waals surface area (Å²) in [6, 6.07) is 0. The van der Waals surface area contributed by atoms with E-state index in [0.717, 1.165) is 0 Å². The van der Waals surface area contributed by atoms with E-state index >= 15 is 8.78 Å². The molecule has 14 heteroatoms. The summed E-state index contributed by atoms with van der Waals surface area (Å²) in [5, 5.41) is 9.88. The molecule has 1 aliphatic carbocycles. The summed E-state index contributed by atoms with van der Waals surface area (Å²) >= 11 is 0. The molecule has 0 bridgehead atoms. The third-order valence-corrected chi connectivity index (χ3v) is 6.51. The number of alkyl halides is 2. The molecular formula is C20H32F2NO10P. The number of halogens is 2. The van der Waals surface area contributed by atoms with Crippen LogP contribution in [-0.2, 0) is 32.7 Å². The summed E-state index contributed by atoms with van der Waals surface area (Å²) in [4.78, 5) is 50.7. The van der Waals surface area contributed by atoms with Gasteiger partial charge in [0.1, 0.15) is 11.2 Å². The van der Waals surface area contributed by atoms with Crippen molar-refractivity contribution in [3.05, 3.63) is 0 Å². The predicted molar refractivity (Wildman–Crippen MR) is 114 cm³/mol. The van der Waals surface area contributed by atoms with Crippen molar-refractivity contribution in [2.24, 2.45) is 5.92 Å². The Balaban J connectivity index is 3.54. The number of ketones is 1. The quantitative estimate of drug-likeness (QED) is 0.438. The minimum atomic E-state index is -5.35. The number of ether oxygens (including phenoxy) is 2. The van der Waals surface area contributed by atoms with Gasteiger partial charge >= 0.3 is 31.4 Å². The fourth-order valence-electron chi connectivity index (χ4n) is 3.04. The molecule has 34 heavy (non-hydrogen) atoms. The number of carboxylic acid groups (broad SMARTS) is 1. The number of aliphatic carboxylic acids is 1. The van der Waals surface area contributed by atoms with Gasteiger partial charge in [0, 0.05) is 0 Å². The average Bonchev–Trinajstić information content (AvgIpc) is 3.34. The van der Waals surface area contributed by atoms with E-state index in [-0.39, 0.29) is 4.90 Å². The Morgan fingerprint density at radius 2 is 1.32 bits per heavy atom. The summed E-state index contributed by atoms with van der Waals surface area (Å²) in [7, 11) is -5.35. The van der Waals surface area contributed by atoms with Crippen LogP contribution in [0.5, 0.6) is 0 Å². The van der Waals surface area contributed by atoms with Gasteiger partial charge in [0.2, 0.25) is 5.78 Å². The second-order valence-electron chi connectivity index (χ2n) is 9.52. The highest BCUT2D eigenvalue weighted by Gasteiger charge is 2.77. The molecule has 0 saturated heterocycles. The Bertz CT molecular complexity index is 842. The molecule has 2 amide bonds. The van der Waals surface area contributed by atoms with Crippen molar-refractivity contribution < 1.29 is 56.2 Å². The molecule has 0 aromatic heterocycles. The standard InChI is InChI=1S/C20H32F2NO10P/c1-9-30-34(29,31-10-2)20(21,22)13(24)12-11-19(12,14(25)26)23(15(27)32-17(3,4)5)16(28)33-18(6,7)8/h12H,9-11H2,1-8H3,(H,25,26)/t12-,19+/m1/s1. The fourth-order valence-corrected chi connectivity index (χ4v) is 4.54. The van der Waals surface area contributed by atoms with Crippen molar-refractivity contribution in [2.45, 2.75) is 84.2 Å². The molecule has 0 heterocycles.